The van der Waals surface area contributed by atoms with Gasteiger partial charge in [-0.25, -0.2) is 0 Å². The van der Waals surface area contributed by atoms with Crippen LogP contribution in [0.15, 0.2) is 0 Å². The van der Waals surface area contributed by atoms with Gasteiger partial charge in [0, 0.05) is 0 Å². The van der Waals surface area contributed by atoms with Gasteiger partial charge < -0.3 is 16.2 Å². The maximum Gasteiger partial charge on any atom is 0.290 e. The Labute approximate surface area is 60.4 Å². The molecule has 1 aliphatic heterocycles. The van der Waals surface area contributed by atoms with Crippen molar-refractivity contribution in [1.82, 2.24) is 5.32 Å². The Bertz CT molecular complexity index is 81.8. The van der Waals surface area contributed by atoms with Gasteiger partial charge in [-0.15, -0.1) is 0 Å². The molecule has 10 heavy (non-hydrogen) atoms. The van der Waals surface area contributed by atoms with Gasteiger partial charge in [-0.1, -0.05) is 0 Å². The smallest absolute Gasteiger partial charge is 0.290 e. The molecule has 0 aromatic heterocycles. The first-order valence-corrected chi connectivity index (χ1v) is 3.33. The molecule has 0 radical (unpaired) electrons. The molecule has 0 aliphatic carbocycles. The monoisotopic (exact) mass is 146 g/mol. The maximum atomic E-state index is 8.36. The predicted molar refractivity (Wildman–Crippen MR) is 38.7 cm³/mol. The summed E-state index contributed by atoms with van der Waals surface area (Å²) in [4.78, 5) is 8.36. The fourth-order valence-corrected chi connectivity index (χ4v) is 0.916. The van der Waals surface area contributed by atoms with Gasteiger partial charge in [0.05, 0.1) is 0 Å². The summed E-state index contributed by atoms with van der Waals surface area (Å²) >= 11 is 0. The van der Waals surface area contributed by atoms with Crippen LogP contribution in [0, 0.1) is 5.92 Å². The summed E-state index contributed by atoms with van der Waals surface area (Å²) in [6, 6.07) is 0. The average molecular weight is 146 g/mol. The Morgan fingerprint density at radius 2 is 2.40 bits per heavy atom. The summed E-state index contributed by atoms with van der Waals surface area (Å²) in [7, 11) is 0. The lowest BCUT2D eigenvalue weighted by molar-refractivity contribution is -0.122. The molecule has 1 fully saturated rings. The molecule has 0 saturated carbocycles. The first-order valence-electron chi connectivity index (χ1n) is 3.33. The van der Waals surface area contributed by atoms with E-state index >= 15 is 0 Å². The van der Waals surface area contributed by atoms with Gasteiger partial charge in [0.1, 0.15) is 0 Å². The van der Waals surface area contributed by atoms with Crippen molar-refractivity contribution in [2.75, 3.05) is 19.6 Å². The molecule has 4 heteroatoms. The minimum Gasteiger partial charge on any atom is -0.483 e. The van der Waals surface area contributed by atoms with Crippen molar-refractivity contribution in [2.24, 2.45) is 11.7 Å². The van der Waals surface area contributed by atoms with Gasteiger partial charge >= 0.3 is 0 Å². The molecular formula is C6H14N2O2. The number of nitrogens with two attached hydrogens (primary N) is 1. The minimum absolute atomic E-state index is 0.250. The highest BCUT2D eigenvalue weighted by molar-refractivity contribution is 5.32. The summed E-state index contributed by atoms with van der Waals surface area (Å²) in [5.41, 5.74) is 5.39. The molecule has 1 aliphatic rings. The van der Waals surface area contributed by atoms with Gasteiger partial charge in [-0.2, -0.15) is 0 Å². The summed E-state index contributed by atoms with van der Waals surface area (Å²) in [5.74, 6) is 0.764. The number of hydrogen-bond acceptors (Lipinski definition) is 3. The number of rotatable bonds is 1. The van der Waals surface area contributed by atoms with Crippen LogP contribution in [0.2, 0.25) is 0 Å². The summed E-state index contributed by atoms with van der Waals surface area (Å²) in [6.45, 7) is 2.91. The highest BCUT2D eigenvalue weighted by Gasteiger charge is 2.10. The zero-order valence-corrected chi connectivity index (χ0v) is 5.92. The van der Waals surface area contributed by atoms with Crippen molar-refractivity contribution in [3.8, 4) is 0 Å². The molecule has 60 valence electrons. The standard InChI is InChI=1S/C5H12N2.CH2O2/c6-3-5-1-2-7-4-5;2-1-3/h5,7H,1-4,6H2;1H,(H,2,3). The number of nitrogens with one attached hydrogen (secondary N) is 1. The zero-order chi connectivity index (χ0) is 7.82. The second-order valence-corrected chi connectivity index (χ2v) is 2.20. The van der Waals surface area contributed by atoms with E-state index < -0.39 is 0 Å². The predicted octanol–water partition coefficient (Wildman–Crippen LogP) is -0.745. The van der Waals surface area contributed by atoms with E-state index in [9.17, 15) is 0 Å². The van der Waals surface area contributed by atoms with Gasteiger partial charge in [0.25, 0.3) is 6.47 Å². The second kappa shape index (κ2) is 6.51. The molecule has 1 saturated heterocycles. The molecule has 0 amide bonds. The van der Waals surface area contributed by atoms with Gasteiger partial charge in [-0.3, -0.25) is 4.79 Å². The first kappa shape index (κ1) is 9.39. The number of carbonyl (C=O) groups is 1. The van der Waals surface area contributed by atoms with E-state index in [1.54, 1.807) is 0 Å². The Morgan fingerprint density at radius 1 is 1.80 bits per heavy atom. The highest BCUT2D eigenvalue weighted by atomic mass is 16.3. The Morgan fingerprint density at radius 3 is 2.60 bits per heavy atom. The molecule has 0 bridgehead atoms. The van der Waals surface area contributed by atoms with E-state index in [-0.39, 0.29) is 6.47 Å². The zero-order valence-electron chi connectivity index (χ0n) is 5.92. The third-order valence-electron chi connectivity index (χ3n) is 1.50. The topological polar surface area (TPSA) is 75.3 Å². The molecular weight excluding hydrogens is 132 g/mol. The molecule has 4 N–H and O–H groups in total. The molecule has 1 atom stereocenters. The summed E-state index contributed by atoms with van der Waals surface area (Å²) < 4.78 is 0. The van der Waals surface area contributed by atoms with Crippen LogP contribution in [-0.4, -0.2) is 31.2 Å². The fourth-order valence-electron chi connectivity index (χ4n) is 0.916. The quantitative estimate of drug-likeness (QED) is 0.426. The van der Waals surface area contributed by atoms with E-state index in [0.29, 0.717) is 0 Å². The van der Waals surface area contributed by atoms with Gasteiger partial charge in [-0.05, 0) is 32.0 Å². The van der Waals surface area contributed by atoms with Crippen LogP contribution < -0.4 is 11.1 Å². The lowest BCUT2D eigenvalue weighted by atomic mass is 10.1. The average Bonchev–Trinajstić information content (AvgIpc) is 2.39. The van der Waals surface area contributed by atoms with Crippen LogP contribution in [0.1, 0.15) is 6.42 Å². The lowest BCUT2D eigenvalue weighted by Gasteiger charge is -1.98. The van der Waals surface area contributed by atoms with Crippen molar-refractivity contribution >= 4 is 6.47 Å². The number of carboxylic acid groups (broad SMARTS) is 1. The normalized spacial score (nSPS) is 23.1. The van der Waals surface area contributed by atoms with E-state index in [4.69, 9.17) is 15.6 Å². The Balaban J connectivity index is 0.000000236. The molecule has 0 aromatic rings. The van der Waals surface area contributed by atoms with Crippen molar-refractivity contribution < 1.29 is 9.90 Å². The van der Waals surface area contributed by atoms with Crippen LogP contribution in [0.4, 0.5) is 0 Å². The van der Waals surface area contributed by atoms with E-state index in [1.165, 1.54) is 13.0 Å². The van der Waals surface area contributed by atoms with Gasteiger partial charge in [0.15, 0.2) is 0 Å². The summed E-state index contributed by atoms with van der Waals surface area (Å²) in [6.07, 6.45) is 1.27. The van der Waals surface area contributed by atoms with Gasteiger partial charge in [0.2, 0.25) is 0 Å². The molecule has 4 nitrogen and oxygen atoms in total. The number of hydrogen-bond donors (Lipinski definition) is 3. The fraction of sp³-hybridized carbons (Fsp3) is 0.833. The van der Waals surface area contributed by atoms with Crippen molar-refractivity contribution in [3.63, 3.8) is 0 Å². The van der Waals surface area contributed by atoms with E-state index in [1.807, 2.05) is 0 Å². The Kier molecular flexibility index (Phi) is 6.11. The Hall–Kier alpha value is -0.610. The third kappa shape index (κ3) is 4.29. The SMILES string of the molecule is NCC1CCNC1.O=CO. The van der Waals surface area contributed by atoms with Crippen LogP contribution in [0.3, 0.4) is 0 Å². The molecule has 1 heterocycles. The van der Waals surface area contributed by atoms with Crippen LogP contribution in [0.5, 0.6) is 0 Å². The van der Waals surface area contributed by atoms with Crippen molar-refractivity contribution in [3.05, 3.63) is 0 Å². The van der Waals surface area contributed by atoms with Crippen molar-refractivity contribution in [2.45, 2.75) is 6.42 Å². The third-order valence-corrected chi connectivity index (χ3v) is 1.50. The maximum absolute atomic E-state index is 8.36. The minimum atomic E-state index is -0.250. The summed E-state index contributed by atoms with van der Waals surface area (Å²) in [5, 5.41) is 10.1. The van der Waals surface area contributed by atoms with Crippen LogP contribution in [0.25, 0.3) is 0 Å². The first-order chi connectivity index (χ1) is 4.85. The van der Waals surface area contributed by atoms with E-state index in [2.05, 4.69) is 5.32 Å². The lowest BCUT2D eigenvalue weighted by Crippen LogP contribution is -2.16. The van der Waals surface area contributed by atoms with Crippen molar-refractivity contribution in [1.29, 1.82) is 0 Å². The molecule has 0 aromatic carbocycles. The highest BCUT2D eigenvalue weighted by Crippen LogP contribution is 2.02. The van der Waals surface area contributed by atoms with Crippen LogP contribution in [-0.2, 0) is 4.79 Å². The second-order valence-electron chi connectivity index (χ2n) is 2.20. The van der Waals surface area contributed by atoms with E-state index in [0.717, 1.165) is 19.0 Å². The molecule has 1 rings (SSSR count). The largest absolute Gasteiger partial charge is 0.483 e. The van der Waals surface area contributed by atoms with Crippen LogP contribution >= 0.6 is 0 Å². The molecule has 1 unspecified atom stereocenters. The molecule has 0 spiro atoms.